The Balaban J connectivity index is 1.14. The van der Waals surface area contributed by atoms with Crippen molar-refractivity contribution in [2.45, 2.75) is 69.2 Å². The normalized spacial score (nSPS) is 21.9. The number of nitrogens with zero attached hydrogens (tertiary/aromatic N) is 2. The molecule has 2 bridgehead atoms. The van der Waals surface area contributed by atoms with E-state index in [2.05, 4.69) is 10.5 Å². The molecular formula is C29H29Cl2N3O6. The van der Waals surface area contributed by atoms with Crippen molar-refractivity contribution in [1.82, 2.24) is 10.1 Å². The number of aromatic nitrogens is 1. The number of anilines is 1. The molecule has 0 radical (unpaired) electrons. The number of nitrogens with one attached hydrogen (secondary N) is 1. The maximum atomic E-state index is 13.3. The molecule has 9 nitrogen and oxygen atoms in total. The van der Waals surface area contributed by atoms with Gasteiger partial charge in [0.2, 0.25) is 0 Å². The number of methoxy groups -OCH3 is 1. The zero-order chi connectivity index (χ0) is 28.0. The van der Waals surface area contributed by atoms with Gasteiger partial charge in [0.25, 0.3) is 0 Å². The minimum atomic E-state index is -1.06. The summed E-state index contributed by atoms with van der Waals surface area (Å²) in [5, 5.41) is 17.5. The average Bonchev–Trinajstić information content (AvgIpc) is 3.64. The summed E-state index contributed by atoms with van der Waals surface area (Å²) in [6.07, 6.45) is 5.31. The molecule has 1 aliphatic carbocycles. The predicted molar refractivity (Wildman–Crippen MR) is 149 cm³/mol. The molecule has 40 heavy (non-hydrogen) atoms. The summed E-state index contributed by atoms with van der Waals surface area (Å²) in [6, 6.07) is 9.62. The van der Waals surface area contributed by atoms with Gasteiger partial charge in [-0.05, 0) is 68.9 Å². The number of hydrogen-bond donors (Lipinski definition) is 2. The summed E-state index contributed by atoms with van der Waals surface area (Å²) in [5.74, 6) is 0.417. The van der Waals surface area contributed by atoms with Gasteiger partial charge in [0, 0.05) is 29.1 Å². The Morgan fingerprint density at radius 1 is 1.10 bits per heavy atom. The summed E-state index contributed by atoms with van der Waals surface area (Å²) in [5.41, 5.74) is 2.69. The first kappa shape index (κ1) is 26.9. The Bertz CT molecular complexity index is 1420. The molecule has 3 heterocycles. The van der Waals surface area contributed by atoms with Crippen LogP contribution in [0.25, 0.3) is 11.3 Å². The highest BCUT2D eigenvalue weighted by atomic mass is 35.5. The highest BCUT2D eigenvalue weighted by Crippen LogP contribution is 2.46. The van der Waals surface area contributed by atoms with E-state index in [0.717, 1.165) is 37.0 Å². The number of carboxylic acids is 1. The molecule has 2 atom stereocenters. The molecule has 2 saturated heterocycles. The van der Waals surface area contributed by atoms with Crippen molar-refractivity contribution in [3.63, 3.8) is 0 Å². The van der Waals surface area contributed by atoms with Gasteiger partial charge in [-0.25, -0.2) is 9.59 Å². The van der Waals surface area contributed by atoms with Gasteiger partial charge in [-0.15, -0.1) is 0 Å². The van der Waals surface area contributed by atoms with Crippen LogP contribution in [0, 0.1) is 0 Å². The zero-order valence-corrected chi connectivity index (χ0v) is 23.4. The second kappa shape index (κ2) is 11.0. The second-order valence-corrected chi connectivity index (χ2v) is 11.4. The average molecular weight is 586 g/mol. The number of amides is 2. The number of fused-ring (bicyclic) bond motifs is 2. The first-order chi connectivity index (χ1) is 19.3. The topological polar surface area (TPSA) is 114 Å². The Hall–Kier alpha value is -3.27. The highest BCUT2D eigenvalue weighted by Gasteiger charge is 2.44. The van der Waals surface area contributed by atoms with E-state index in [-0.39, 0.29) is 29.8 Å². The summed E-state index contributed by atoms with van der Waals surface area (Å²) < 4.78 is 17.6. The molecule has 2 unspecified atom stereocenters. The van der Waals surface area contributed by atoms with Crippen molar-refractivity contribution in [3.05, 3.63) is 63.3 Å². The van der Waals surface area contributed by atoms with Crippen molar-refractivity contribution < 1.29 is 28.7 Å². The Morgan fingerprint density at radius 3 is 2.42 bits per heavy atom. The van der Waals surface area contributed by atoms with E-state index in [1.807, 2.05) is 4.90 Å². The Kier molecular flexibility index (Phi) is 7.37. The summed E-state index contributed by atoms with van der Waals surface area (Å²) in [7, 11) is 1.44. The maximum absolute atomic E-state index is 13.3. The molecule has 3 fully saturated rings. The number of benzene rings is 2. The molecule has 3 aliphatic rings. The Labute approximate surface area is 241 Å². The van der Waals surface area contributed by atoms with Crippen LogP contribution >= 0.6 is 23.2 Å². The first-order valence-corrected chi connectivity index (χ1v) is 14.1. The smallest absolute Gasteiger partial charge is 0.335 e. The van der Waals surface area contributed by atoms with Crippen LogP contribution in [0.4, 0.5) is 10.5 Å². The molecule has 2 amide bonds. The number of urea groups is 1. The molecular weight excluding hydrogens is 557 g/mol. The molecule has 2 N–H and O–H groups in total. The lowest BCUT2D eigenvalue weighted by molar-refractivity contribution is -0.0158. The Morgan fingerprint density at radius 2 is 1.80 bits per heavy atom. The molecule has 1 aromatic heterocycles. The number of rotatable bonds is 8. The second-order valence-electron chi connectivity index (χ2n) is 10.6. The van der Waals surface area contributed by atoms with Crippen molar-refractivity contribution in [2.75, 3.05) is 12.4 Å². The van der Waals surface area contributed by atoms with E-state index >= 15 is 0 Å². The van der Waals surface area contributed by atoms with Gasteiger partial charge in [0.1, 0.15) is 17.2 Å². The number of carboxylic acid groups (broad SMARTS) is 1. The van der Waals surface area contributed by atoms with Gasteiger partial charge in [-0.2, -0.15) is 0 Å². The number of carbonyl (C=O) groups excluding carboxylic acids is 1. The number of piperidine rings is 1. The molecule has 2 aromatic carbocycles. The SMILES string of the molecule is COc1cc(C(=O)O)ccc1NC(=O)N1C2CCC1CC(OCc1c(-c3c(Cl)cccc3Cl)noc1C1CC1)C2. The fourth-order valence-corrected chi connectivity index (χ4v) is 6.53. The number of hydrogen-bond acceptors (Lipinski definition) is 6. The van der Waals surface area contributed by atoms with Crippen LogP contribution in [0.1, 0.15) is 66.1 Å². The van der Waals surface area contributed by atoms with Crippen LogP contribution in [0.2, 0.25) is 10.0 Å². The highest BCUT2D eigenvalue weighted by molar-refractivity contribution is 6.39. The standard InChI is InChI=1S/C29H29Cl2N3O6/c1-38-24-11-16(28(35)36)7-10-23(24)32-29(37)34-17-8-9-18(34)13-19(12-17)39-14-20-26(33-40-27(20)15-5-6-15)25-21(30)3-2-4-22(25)31/h2-4,7,10-11,15,17-19H,5-6,8-9,12-14H2,1H3,(H,32,37)(H,35,36). The van der Waals surface area contributed by atoms with Crippen LogP contribution in [-0.2, 0) is 11.3 Å². The molecule has 210 valence electrons. The van der Waals surface area contributed by atoms with Gasteiger partial charge >= 0.3 is 12.0 Å². The largest absolute Gasteiger partial charge is 0.495 e. The van der Waals surface area contributed by atoms with Crippen molar-refractivity contribution in [3.8, 4) is 17.0 Å². The van der Waals surface area contributed by atoms with Gasteiger partial charge < -0.3 is 29.3 Å². The minimum absolute atomic E-state index is 0.0255. The summed E-state index contributed by atoms with van der Waals surface area (Å²) in [6.45, 7) is 0.329. The van der Waals surface area contributed by atoms with Gasteiger partial charge in [0.05, 0.1) is 41.1 Å². The molecule has 1 saturated carbocycles. The third-order valence-electron chi connectivity index (χ3n) is 8.04. The number of halogens is 2. The first-order valence-electron chi connectivity index (χ1n) is 13.4. The molecule has 0 spiro atoms. The summed E-state index contributed by atoms with van der Waals surface area (Å²) >= 11 is 13.0. The van der Waals surface area contributed by atoms with Crippen LogP contribution in [0.3, 0.4) is 0 Å². The van der Waals surface area contributed by atoms with Crippen molar-refractivity contribution in [1.29, 1.82) is 0 Å². The lowest BCUT2D eigenvalue weighted by Crippen LogP contribution is -2.50. The van der Waals surface area contributed by atoms with E-state index in [1.54, 1.807) is 24.3 Å². The van der Waals surface area contributed by atoms with E-state index in [1.165, 1.54) is 19.2 Å². The minimum Gasteiger partial charge on any atom is -0.495 e. The van der Waals surface area contributed by atoms with Gasteiger partial charge in [-0.1, -0.05) is 34.4 Å². The molecule has 2 aliphatic heterocycles. The van der Waals surface area contributed by atoms with Crippen LogP contribution < -0.4 is 10.1 Å². The molecule has 11 heteroatoms. The van der Waals surface area contributed by atoms with E-state index in [0.29, 0.717) is 58.1 Å². The quantitative estimate of drug-likeness (QED) is 0.293. The van der Waals surface area contributed by atoms with Gasteiger partial charge in [-0.3, -0.25) is 0 Å². The van der Waals surface area contributed by atoms with Crippen LogP contribution in [0.15, 0.2) is 40.9 Å². The van der Waals surface area contributed by atoms with E-state index < -0.39 is 5.97 Å². The third-order valence-corrected chi connectivity index (χ3v) is 8.67. The molecule has 6 rings (SSSR count). The fraction of sp³-hybridized carbons (Fsp3) is 0.414. The number of carbonyl (C=O) groups is 2. The monoisotopic (exact) mass is 585 g/mol. The molecule has 3 aromatic rings. The lowest BCUT2D eigenvalue weighted by atomic mass is 9.99. The number of ether oxygens (including phenoxy) is 2. The van der Waals surface area contributed by atoms with E-state index in [4.69, 9.17) is 37.2 Å². The number of aromatic carboxylic acids is 1. The van der Waals surface area contributed by atoms with Crippen molar-refractivity contribution in [2.24, 2.45) is 0 Å². The third kappa shape index (κ3) is 5.13. The predicted octanol–water partition coefficient (Wildman–Crippen LogP) is 6.98. The maximum Gasteiger partial charge on any atom is 0.335 e. The lowest BCUT2D eigenvalue weighted by Gasteiger charge is -2.38. The summed E-state index contributed by atoms with van der Waals surface area (Å²) in [4.78, 5) is 26.5. The zero-order valence-electron chi connectivity index (χ0n) is 21.9. The van der Waals surface area contributed by atoms with E-state index in [9.17, 15) is 14.7 Å². The fourth-order valence-electron chi connectivity index (χ4n) is 5.95. The van der Waals surface area contributed by atoms with Crippen LogP contribution in [-0.4, -0.2) is 52.5 Å². The van der Waals surface area contributed by atoms with Gasteiger partial charge in [0.15, 0.2) is 0 Å². The van der Waals surface area contributed by atoms with Crippen molar-refractivity contribution >= 4 is 40.9 Å². The van der Waals surface area contributed by atoms with Crippen LogP contribution in [0.5, 0.6) is 5.75 Å².